The fraction of sp³-hybridized carbons (Fsp3) is 0.389. The molecule has 0 aromatic carbocycles. The number of nitrogens with one attached hydrogen (secondary N) is 1. The first kappa shape index (κ1) is 16.2. The van der Waals surface area contributed by atoms with Crippen molar-refractivity contribution in [3.05, 3.63) is 48.4 Å². The van der Waals surface area contributed by atoms with E-state index in [1.54, 1.807) is 24.7 Å². The van der Waals surface area contributed by atoms with Gasteiger partial charge in [-0.1, -0.05) is 6.07 Å². The van der Waals surface area contributed by atoms with Crippen molar-refractivity contribution in [2.24, 2.45) is 0 Å². The number of carbonyl (C=O) groups excluding carboxylic acids is 1. The molecule has 1 amide bonds. The molecule has 1 aliphatic heterocycles. The molecule has 24 heavy (non-hydrogen) atoms. The molecular weight excluding hydrogens is 302 g/mol. The predicted molar refractivity (Wildman–Crippen MR) is 94.4 cm³/mol. The molecule has 6 nitrogen and oxygen atoms in total. The smallest absolute Gasteiger partial charge is 0.227 e. The van der Waals surface area contributed by atoms with E-state index in [0.29, 0.717) is 18.3 Å². The molecule has 1 aliphatic rings. The van der Waals surface area contributed by atoms with Crippen molar-refractivity contribution in [1.29, 1.82) is 0 Å². The molecule has 0 saturated carbocycles. The molecule has 1 fully saturated rings. The summed E-state index contributed by atoms with van der Waals surface area (Å²) in [6, 6.07) is 7.90. The lowest BCUT2D eigenvalue weighted by Gasteiger charge is -2.21. The van der Waals surface area contributed by atoms with E-state index >= 15 is 0 Å². The number of amides is 1. The van der Waals surface area contributed by atoms with Gasteiger partial charge in [-0.05, 0) is 43.0 Å². The molecule has 3 N–H and O–H groups in total. The van der Waals surface area contributed by atoms with Gasteiger partial charge in [-0.3, -0.25) is 9.78 Å². The Hall–Kier alpha value is -2.63. The summed E-state index contributed by atoms with van der Waals surface area (Å²) < 4.78 is 0. The molecule has 2 aromatic heterocycles. The molecule has 3 rings (SSSR count). The van der Waals surface area contributed by atoms with Crippen LogP contribution in [0.4, 0.5) is 11.5 Å². The molecule has 126 valence electrons. The molecule has 0 bridgehead atoms. The van der Waals surface area contributed by atoms with E-state index in [2.05, 4.69) is 15.3 Å². The molecule has 1 saturated heterocycles. The molecule has 0 spiro atoms. The highest BCUT2D eigenvalue weighted by molar-refractivity contribution is 5.78. The minimum Gasteiger partial charge on any atom is -0.384 e. The van der Waals surface area contributed by atoms with Gasteiger partial charge < -0.3 is 16.0 Å². The SMILES string of the molecule is Nc1ccc(NC2CCCN(C(=O)Cc3cccnc3)CC2)cn1. The van der Waals surface area contributed by atoms with Crippen molar-refractivity contribution in [1.82, 2.24) is 14.9 Å². The van der Waals surface area contributed by atoms with E-state index in [-0.39, 0.29) is 5.91 Å². The number of nitrogens with two attached hydrogens (primary N) is 1. The number of hydrogen-bond acceptors (Lipinski definition) is 5. The summed E-state index contributed by atoms with van der Waals surface area (Å²) in [4.78, 5) is 22.6. The van der Waals surface area contributed by atoms with E-state index in [1.165, 1.54) is 0 Å². The first-order valence-electron chi connectivity index (χ1n) is 8.35. The van der Waals surface area contributed by atoms with E-state index < -0.39 is 0 Å². The third-order valence-corrected chi connectivity index (χ3v) is 4.32. The van der Waals surface area contributed by atoms with Crippen LogP contribution in [-0.2, 0) is 11.2 Å². The number of likely N-dealkylation sites (tertiary alicyclic amines) is 1. The van der Waals surface area contributed by atoms with E-state index in [1.807, 2.05) is 23.1 Å². The van der Waals surface area contributed by atoms with Gasteiger partial charge in [0.25, 0.3) is 0 Å². The summed E-state index contributed by atoms with van der Waals surface area (Å²) in [5, 5.41) is 3.49. The van der Waals surface area contributed by atoms with Crippen LogP contribution in [0.15, 0.2) is 42.9 Å². The Bertz CT molecular complexity index is 659. The lowest BCUT2D eigenvalue weighted by molar-refractivity contribution is -0.130. The standard InChI is InChI=1S/C18H23N5O/c19-17-6-5-16(13-21-17)22-15-4-2-9-23(10-7-15)18(24)11-14-3-1-8-20-12-14/h1,3,5-6,8,12-13,15,22H,2,4,7,9-11H2,(H2,19,21). The Kier molecular flexibility index (Phi) is 5.25. The van der Waals surface area contributed by atoms with Crippen LogP contribution in [0.3, 0.4) is 0 Å². The second kappa shape index (κ2) is 7.77. The number of carbonyl (C=O) groups is 1. The van der Waals surface area contributed by atoms with Crippen LogP contribution in [0, 0.1) is 0 Å². The zero-order chi connectivity index (χ0) is 16.8. The second-order valence-electron chi connectivity index (χ2n) is 6.16. The maximum Gasteiger partial charge on any atom is 0.227 e. The maximum absolute atomic E-state index is 12.5. The average Bonchev–Trinajstić information content (AvgIpc) is 2.83. The van der Waals surface area contributed by atoms with Crippen LogP contribution in [-0.4, -0.2) is 39.9 Å². The number of nitrogens with zero attached hydrogens (tertiary/aromatic N) is 3. The Morgan fingerprint density at radius 1 is 1.25 bits per heavy atom. The summed E-state index contributed by atoms with van der Waals surface area (Å²) in [6.45, 7) is 1.59. The van der Waals surface area contributed by atoms with Crippen LogP contribution in [0.2, 0.25) is 0 Å². The average molecular weight is 325 g/mol. The monoisotopic (exact) mass is 325 g/mol. The van der Waals surface area contributed by atoms with Crippen molar-refractivity contribution in [3.8, 4) is 0 Å². The summed E-state index contributed by atoms with van der Waals surface area (Å²) in [6.07, 6.45) is 8.64. The highest BCUT2D eigenvalue weighted by Crippen LogP contribution is 2.17. The zero-order valence-electron chi connectivity index (χ0n) is 13.7. The molecule has 3 heterocycles. The molecule has 0 aliphatic carbocycles. The van der Waals surface area contributed by atoms with Gasteiger partial charge in [0.05, 0.1) is 18.3 Å². The van der Waals surface area contributed by atoms with E-state index in [4.69, 9.17) is 5.73 Å². The maximum atomic E-state index is 12.5. The Morgan fingerprint density at radius 2 is 2.17 bits per heavy atom. The van der Waals surface area contributed by atoms with Crippen LogP contribution >= 0.6 is 0 Å². The first-order valence-corrected chi connectivity index (χ1v) is 8.35. The van der Waals surface area contributed by atoms with Gasteiger partial charge in [-0.25, -0.2) is 4.98 Å². The summed E-state index contributed by atoms with van der Waals surface area (Å²) in [5.41, 5.74) is 7.56. The third-order valence-electron chi connectivity index (χ3n) is 4.32. The largest absolute Gasteiger partial charge is 0.384 e. The predicted octanol–water partition coefficient (Wildman–Crippen LogP) is 2.09. The van der Waals surface area contributed by atoms with Gasteiger partial charge in [-0.15, -0.1) is 0 Å². The highest BCUT2D eigenvalue weighted by Gasteiger charge is 2.20. The molecule has 2 aromatic rings. The topological polar surface area (TPSA) is 84.1 Å². The van der Waals surface area contributed by atoms with Gasteiger partial charge in [0.1, 0.15) is 5.82 Å². The molecule has 1 unspecified atom stereocenters. The molecule has 0 radical (unpaired) electrons. The van der Waals surface area contributed by atoms with Gasteiger partial charge in [-0.2, -0.15) is 0 Å². The summed E-state index contributed by atoms with van der Waals surface area (Å²) in [5.74, 6) is 0.700. The Balaban J connectivity index is 1.52. The van der Waals surface area contributed by atoms with Crippen LogP contribution in [0.1, 0.15) is 24.8 Å². The lowest BCUT2D eigenvalue weighted by atomic mass is 10.1. The fourth-order valence-corrected chi connectivity index (χ4v) is 3.01. The third kappa shape index (κ3) is 4.44. The van der Waals surface area contributed by atoms with Crippen molar-refractivity contribution >= 4 is 17.4 Å². The Morgan fingerprint density at radius 3 is 2.92 bits per heavy atom. The number of rotatable bonds is 4. The minimum atomic E-state index is 0.179. The number of hydrogen-bond donors (Lipinski definition) is 2. The second-order valence-corrected chi connectivity index (χ2v) is 6.16. The van der Waals surface area contributed by atoms with Gasteiger partial charge in [0.15, 0.2) is 0 Å². The van der Waals surface area contributed by atoms with Gasteiger partial charge in [0.2, 0.25) is 5.91 Å². The van der Waals surface area contributed by atoms with E-state index in [9.17, 15) is 4.79 Å². The number of nitrogen functional groups attached to an aromatic ring is 1. The van der Waals surface area contributed by atoms with Gasteiger partial charge >= 0.3 is 0 Å². The zero-order valence-corrected chi connectivity index (χ0v) is 13.7. The summed E-state index contributed by atoms with van der Waals surface area (Å²) in [7, 11) is 0. The minimum absolute atomic E-state index is 0.179. The lowest BCUT2D eigenvalue weighted by Crippen LogP contribution is -2.33. The van der Waals surface area contributed by atoms with Crippen molar-refractivity contribution < 1.29 is 4.79 Å². The van der Waals surface area contributed by atoms with Crippen LogP contribution in [0.25, 0.3) is 0 Å². The van der Waals surface area contributed by atoms with Crippen molar-refractivity contribution in [3.63, 3.8) is 0 Å². The first-order chi connectivity index (χ1) is 11.7. The summed E-state index contributed by atoms with van der Waals surface area (Å²) >= 11 is 0. The Labute approximate surface area is 142 Å². The van der Waals surface area contributed by atoms with E-state index in [0.717, 1.165) is 43.6 Å². The number of anilines is 2. The van der Waals surface area contributed by atoms with Crippen LogP contribution in [0.5, 0.6) is 0 Å². The molecule has 6 heteroatoms. The molecule has 1 atom stereocenters. The normalized spacial score (nSPS) is 18.0. The van der Waals surface area contributed by atoms with Gasteiger partial charge in [0, 0.05) is 31.5 Å². The number of pyridine rings is 2. The highest BCUT2D eigenvalue weighted by atomic mass is 16.2. The quantitative estimate of drug-likeness (QED) is 0.899. The van der Waals surface area contributed by atoms with Crippen molar-refractivity contribution in [2.45, 2.75) is 31.7 Å². The molecular formula is C18H23N5O. The number of aromatic nitrogens is 2. The van der Waals surface area contributed by atoms with Crippen LogP contribution < -0.4 is 11.1 Å². The van der Waals surface area contributed by atoms with Crippen molar-refractivity contribution in [2.75, 3.05) is 24.1 Å². The fourth-order valence-electron chi connectivity index (χ4n) is 3.01.